The van der Waals surface area contributed by atoms with Crippen molar-refractivity contribution in [3.63, 3.8) is 0 Å². The van der Waals surface area contributed by atoms with E-state index in [1.165, 1.54) is 19.5 Å². The van der Waals surface area contributed by atoms with Gasteiger partial charge in [0.25, 0.3) is 0 Å². The van der Waals surface area contributed by atoms with Gasteiger partial charge in [-0.2, -0.15) is 0 Å². The summed E-state index contributed by atoms with van der Waals surface area (Å²) in [6.45, 7) is 15.1. The molecular formula is C13H26ClN. The fourth-order valence-corrected chi connectivity index (χ4v) is 2.29. The smallest absolute Gasteiger partial charge is 0.0411 e. The lowest BCUT2D eigenvalue weighted by atomic mass is 9.83. The van der Waals surface area contributed by atoms with Gasteiger partial charge in [-0.1, -0.05) is 34.6 Å². The molecule has 1 nitrogen and oxygen atoms in total. The maximum Gasteiger partial charge on any atom is 0.0411 e. The fourth-order valence-electron chi connectivity index (χ4n) is 2.13. The number of nitrogens with zero attached hydrogens (tertiary/aromatic N) is 1. The van der Waals surface area contributed by atoms with Crippen LogP contribution in [0.1, 0.15) is 47.5 Å². The van der Waals surface area contributed by atoms with E-state index < -0.39 is 0 Å². The summed E-state index contributed by atoms with van der Waals surface area (Å²) in [5, 5.41) is 0.350. The first kappa shape index (κ1) is 13.3. The molecule has 1 atom stereocenters. The van der Waals surface area contributed by atoms with Crippen LogP contribution in [0.25, 0.3) is 0 Å². The Kier molecular flexibility index (Phi) is 4.11. The number of piperidine rings is 1. The van der Waals surface area contributed by atoms with E-state index >= 15 is 0 Å². The average molecular weight is 232 g/mol. The van der Waals surface area contributed by atoms with Gasteiger partial charge in [-0.05, 0) is 36.8 Å². The van der Waals surface area contributed by atoms with Crippen molar-refractivity contribution in [2.45, 2.75) is 52.8 Å². The van der Waals surface area contributed by atoms with Crippen LogP contribution in [0.4, 0.5) is 0 Å². The Hall–Kier alpha value is 0.250. The molecule has 15 heavy (non-hydrogen) atoms. The Morgan fingerprint density at radius 1 is 1.33 bits per heavy atom. The maximum absolute atomic E-state index is 6.34. The van der Waals surface area contributed by atoms with Crippen molar-refractivity contribution in [1.82, 2.24) is 4.90 Å². The number of halogens is 1. The Morgan fingerprint density at radius 2 is 1.93 bits per heavy atom. The normalized spacial score (nSPS) is 28.0. The molecular weight excluding hydrogens is 206 g/mol. The SMILES string of the molecule is CC(C)(C)CCN1CCC(Cl)C(C)(C)C1. The van der Waals surface area contributed by atoms with Crippen LogP contribution in [-0.4, -0.2) is 29.9 Å². The van der Waals surface area contributed by atoms with Crippen molar-refractivity contribution >= 4 is 11.6 Å². The largest absolute Gasteiger partial charge is 0.303 e. The van der Waals surface area contributed by atoms with Crippen molar-refractivity contribution in [2.24, 2.45) is 10.8 Å². The van der Waals surface area contributed by atoms with Gasteiger partial charge in [0.2, 0.25) is 0 Å². The van der Waals surface area contributed by atoms with Crippen LogP contribution in [0.3, 0.4) is 0 Å². The predicted molar refractivity (Wildman–Crippen MR) is 68.6 cm³/mol. The average Bonchev–Trinajstić information content (AvgIpc) is 2.06. The Morgan fingerprint density at radius 3 is 2.40 bits per heavy atom. The Labute approximate surface area is 100 Å². The van der Waals surface area contributed by atoms with Crippen molar-refractivity contribution in [2.75, 3.05) is 19.6 Å². The van der Waals surface area contributed by atoms with Crippen molar-refractivity contribution in [3.05, 3.63) is 0 Å². The van der Waals surface area contributed by atoms with Crippen LogP contribution in [-0.2, 0) is 0 Å². The molecule has 0 bridgehead atoms. The molecule has 1 aliphatic heterocycles. The van der Waals surface area contributed by atoms with E-state index in [4.69, 9.17) is 11.6 Å². The number of likely N-dealkylation sites (tertiary alicyclic amines) is 1. The minimum atomic E-state index is 0.275. The van der Waals surface area contributed by atoms with Gasteiger partial charge in [-0.25, -0.2) is 0 Å². The first-order valence-electron chi connectivity index (χ1n) is 6.07. The molecule has 0 radical (unpaired) electrons. The molecule has 0 spiro atoms. The van der Waals surface area contributed by atoms with Crippen LogP contribution in [0.15, 0.2) is 0 Å². The minimum absolute atomic E-state index is 0.275. The molecule has 0 aliphatic carbocycles. The second-order valence-corrected chi connectivity index (χ2v) is 7.36. The summed E-state index contributed by atoms with van der Waals surface area (Å²) in [5.74, 6) is 0. The summed E-state index contributed by atoms with van der Waals surface area (Å²) in [7, 11) is 0. The molecule has 0 aromatic rings. The molecule has 0 saturated carbocycles. The van der Waals surface area contributed by atoms with Gasteiger partial charge in [0, 0.05) is 11.9 Å². The summed E-state index contributed by atoms with van der Waals surface area (Å²) in [6, 6.07) is 0. The summed E-state index contributed by atoms with van der Waals surface area (Å²) in [6.07, 6.45) is 2.41. The highest BCUT2D eigenvalue weighted by Gasteiger charge is 2.34. The molecule has 0 aromatic carbocycles. The third-order valence-electron chi connectivity index (χ3n) is 3.36. The van der Waals surface area contributed by atoms with E-state index in [1.807, 2.05) is 0 Å². The first-order valence-corrected chi connectivity index (χ1v) is 6.51. The molecule has 1 rings (SSSR count). The molecule has 0 amide bonds. The van der Waals surface area contributed by atoms with Crippen molar-refractivity contribution in [1.29, 1.82) is 0 Å². The van der Waals surface area contributed by atoms with E-state index in [0.29, 0.717) is 10.8 Å². The highest BCUT2D eigenvalue weighted by atomic mass is 35.5. The second-order valence-electron chi connectivity index (χ2n) is 6.83. The van der Waals surface area contributed by atoms with Gasteiger partial charge >= 0.3 is 0 Å². The monoisotopic (exact) mass is 231 g/mol. The van der Waals surface area contributed by atoms with Crippen molar-refractivity contribution < 1.29 is 0 Å². The summed E-state index contributed by atoms with van der Waals surface area (Å²) in [5.41, 5.74) is 0.722. The number of alkyl halides is 1. The minimum Gasteiger partial charge on any atom is -0.303 e. The van der Waals surface area contributed by atoms with Gasteiger partial charge in [0.1, 0.15) is 0 Å². The number of rotatable bonds is 2. The summed E-state index contributed by atoms with van der Waals surface area (Å²) < 4.78 is 0. The summed E-state index contributed by atoms with van der Waals surface area (Å²) >= 11 is 6.34. The fraction of sp³-hybridized carbons (Fsp3) is 1.00. The highest BCUT2D eigenvalue weighted by molar-refractivity contribution is 6.21. The third-order valence-corrected chi connectivity index (χ3v) is 4.16. The lowest BCUT2D eigenvalue weighted by molar-refractivity contribution is 0.110. The number of hydrogen-bond acceptors (Lipinski definition) is 1. The van der Waals surface area contributed by atoms with Crippen LogP contribution < -0.4 is 0 Å². The van der Waals surface area contributed by atoms with E-state index in [9.17, 15) is 0 Å². The molecule has 1 unspecified atom stereocenters. The topological polar surface area (TPSA) is 3.24 Å². The van der Waals surface area contributed by atoms with Crippen LogP contribution in [0.5, 0.6) is 0 Å². The number of hydrogen-bond donors (Lipinski definition) is 0. The lowest BCUT2D eigenvalue weighted by Crippen LogP contribution is -2.47. The van der Waals surface area contributed by atoms with Gasteiger partial charge < -0.3 is 4.90 Å². The molecule has 1 fully saturated rings. The molecule has 0 aromatic heterocycles. The molecule has 0 N–H and O–H groups in total. The molecule has 1 saturated heterocycles. The molecule has 90 valence electrons. The van der Waals surface area contributed by atoms with Gasteiger partial charge in [-0.15, -0.1) is 11.6 Å². The zero-order valence-electron chi connectivity index (χ0n) is 10.9. The molecule has 1 aliphatic rings. The zero-order valence-corrected chi connectivity index (χ0v) is 11.7. The van der Waals surface area contributed by atoms with Crippen LogP contribution >= 0.6 is 11.6 Å². The Balaban J connectivity index is 2.40. The van der Waals surface area contributed by atoms with E-state index in [0.717, 1.165) is 13.0 Å². The van der Waals surface area contributed by atoms with Crippen molar-refractivity contribution in [3.8, 4) is 0 Å². The zero-order chi connectivity index (χ0) is 11.7. The van der Waals surface area contributed by atoms with E-state index in [-0.39, 0.29) is 5.41 Å². The van der Waals surface area contributed by atoms with Gasteiger partial charge in [0.15, 0.2) is 0 Å². The lowest BCUT2D eigenvalue weighted by Gasteiger charge is -2.42. The third kappa shape index (κ3) is 4.32. The van der Waals surface area contributed by atoms with Crippen LogP contribution in [0.2, 0.25) is 0 Å². The standard InChI is InChI=1S/C13H26ClN/c1-12(2,3)7-9-15-8-6-11(14)13(4,5)10-15/h11H,6-10H2,1-5H3. The van der Waals surface area contributed by atoms with Gasteiger partial charge in [-0.3, -0.25) is 0 Å². The van der Waals surface area contributed by atoms with Gasteiger partial charge in [0.05, 0.1) is 0 Å². The molecule has 1 heterocycles. The first-order chi connectivity index (χ1) is 6.71. The second kappa shape index (κ2) is 4.63. The predicted octanol–water partition coefficient (Wildman–Crippen LogP) is 3.76. The van der Waals surface area contributed by atoms with Crippen LogP contribution in [0, 0.1) is 10.8 Å². The molecule has 2 heteroatoms. The van der Waals surface area contributed by atoms with E-state index in [2.05, 4.69) is 39.5 Å². The Bertz CT molecular complexity index is 205. The summed E-state index contributed by atoms with van der Waals surface area (Å²) in [4.78, 5) is 2.57. The quantitative estimate of drug-likeness (QED) is 0.655. The highest BCUT2D eigenvalue weighted by Crippen LogP contribution is 2.33. The maximum atomic E-state index is 6.34. The van der Waals surface area contributed by atoms with E-state index in [1.54, 1.807) is 0 Å².